The minimum Gasteiger partial charge on any atom is -0.352 e. The van der Waals surface area contributed by atoms with E-state index >= 15 is 0 Å². The molecule has 0 saturated carbocycles. The Labute approximate surface area is 127 Å². The van der Waals surface area contributed by atoms with Gasteiger partial charge in [0.15, 0.2) is 0 Å². The standard InChI is InChI=1S/C17H24N4/c1-6-13(4)18-17-19-14(5)10-16(21-17)20-15-8-7-11(2)12(3)9-15/h7-10,13H,6H2,1-5H3,(H2,18,19,20,21). The molecule has 1 aromatic heterocycles. The lowest BCUT2D eigenvalue weighted by molar-refractivity contribution is 0.752. The molecule has 0 aliphatic rings. The number of nitrogens with zero attached hydrogens (tertiary/aromatic N) is 2. The van der Waals surface area contributed by atoms with Crippen molar-refractivity contribution in [2.24, 2.45) is 0 Å². The first-order valence-electron chi connectivity index (χ1n) is 7.44. The normalized spacial score (nSPS) is 12.0. The van der Waals surface area contributed by atoms with Crippen LogP contribution in [0, 0.1) is 20.8 Å². The van der Waals surface area contributed by atoms with Crippen LogP contribution in [0.2, 0.25) is 0 Å². The molecule has 4 nitrogen and oxygen atoms in total. The number of rotatable bonds is 5. The van der Waals surface area contributed by atoms with Crippen LogP contribution < -0.4 is 10.6 Å². The van der Waals surface area contributed by atoms with Gasteiger partial charge in [-0.25, -0.2) is 4.98 Å². The number of anilines is 3. The van der Waals surface area contributed by atoms with E-state index in [9.17, 15) is 0 Å². The Kier molecular flexibility index (Phi) is 4.78. The van der Waals surface area contributed by atoms with Crippen LogP contribution in [0.3, 0.4) is 0 Å². The maximum atomic E-state index is 4.54. The van der Waals surface area contributed by atoms with Gasteiger partial charge in [0.1, 0.15) is 5.82 Å². The average molecular weight is 284 g/mol. The van der Waals surface area contributed by atoms with Crippen molar-refractivity contribution in [2.75, 3.05) is 10.6 Å². The highest BCUT2D eigenvalue weighted by atomic mass is 15.2. The maximum Gasteiger partial charge on any atom is 0.225 e. The third-order valence-corrected chi connectivity index (χ3v) is 3.62. The van der Waals surface area contributed by atoms with E-state index in [1.807, 2.05) is 13.0 Å². The van der Waals surface area contributed by atoms with Crippen molar-refractivity contribution in [2.45, 2.75) is 47.1 Å². The van der Waals surface area contributed by atoms with Gasteiger partial charge in [-0.1, -0.05) is 13.0 Å². The second kappa shape index (κ2) is 6.57. The van der Waals surface area contributed by atoms with Crippen molar-refractivity contribution in [3.8, 4) is 0 Å². The van der Waals surface area contributed by atoms with Crippen molar-refractivity contribution in [1.29, 1.82) is 0 Å². The number of aryl methyl sites for hydroxylation is 3. The van der Waals surface area contributed by atoms with E-state index in [-0.39, 0.29) is 0 Å². The summed E-state index contributed by atoms with van der Waals surface area (Å²) in [4.78, 5) is 8.97. The lowest BCUT2D eigenvalue weighted by atomic mass is 10.1. The topological polar surface area (TPSA) is 49.8 Å². The average Bonchev–Trinajstić information content (AvgIpc) is 2.42. The van der Waals surface area contributed by atoms with Crippen LogP contribution in [0.4, 0.5) is 17.5 Å². The van der Waals surface area contributed by atoms with Crippen LogP contribution >= 0.6 is 0 Å². The summed E-state index contributed by atoms with van der Waals surface area (Å²) in [5.41, 5.74) is 4.55. The predicted octanol–water partition coefficient (Wildman–Crippen LogP) is 4.36. The van der Waals surface area contributed by atoms with Gasteiger partial charge in [-0.05, 0) is 57.4 Å². The van der Waals surface area contributed by atoms with Crippen LogP contribution in [0.15, 0.2) is 24.3 Å². The second-order valence-corrected chi connectivity index (χ2v) is 5.60. The minimum absolute atomic E-state index is 0.362. The highest BCUT2D eigenvalue weighted by Gasteiger charge is 2.06. The first-order chi connectivity index (χ1) is 9.97. The molecule has 2 aromatic rings. The Balaban J connectivity index is 2.21. The fraction of sp³-hybridized carbons (Fsp3) is 0.412. The monoisotopic (exact) mass is 284 g/mol. The quantitative estimate of drug-likeness (QED) is 0.856. The minimum atomic E-state index is 0.362. The van der Waals surface area contributed by atoms with E-state index in [1.54, 1.807) is 0 Å². The Morgan fingerprint density at radius 2 is 1.81 bits per heavy atom. The van der Waals surface area contributed by atoms with E-state index in [4.69, 9.17) is 0 Å². The molecule has 0 aliphatic heterocycles. The summed E-state index contributed by atoms with van der Waals surface area (Å²) in [6.45, 7) is 10.5. The van der Waals surface area contributed by atoms with Gasteiger partial charge < -0.3 is 10.6 Å². The fourth-order valence-electron chi connectivity index (χ4n) is 1.99. The number of nitrogens with one attached hydrogen (secondary N) is 2. The lowest BCUT2D eigenvalue weighted by Gasteiger charge is -2.14. The van der Waals surface area contributed by atoms with Crippen molar-refractivity contribution >= 4 is 17.5 Å². The van der Waals surface area contributed by atoms with E-state index in [0.29, 0.717) is 12.0 Å². The lowest BCUT2D eigenvalue weighted by Crippen LogP contribution is -2.16. The SMILES string of the molecule is CCC(C)Nc1nc(C)cc(Nc2ccc(C)c(C)c2)n1. The first kappa shape index (κ1) is 15.3. The van der Waals surface area contributed by atoms with Gasteiger partial charge in [-0.3, -0.25) is 0 Å². The van der Waals surface area contributed by atoms with Gasteiger partial charge in [0.05, 0.1) is 0 Å². The van der Waals surface area contributed by atoms with Crippen LogP contribution in [-0.2, 0) is 0 Å². The molecule has 0 fully saturated rings. The van der Waals surface area contributed by atoms with Gasteiger partial charge in [-0.2, -0.15) is 4.98 Å². The number of aromatic nitrogens is 2. The van der Waals surface area contributed by atoms with Crippen molar-refractivity contribution in [1.82, 2.24) is 9.97 Å². The zero-order valence-corrected chi connectivity index (χ0v) is 13.5. The Bertz CT molecular complexity index is 622. The van der Waals surface area contributed by atoms with Gasteiger partial charge in [0.25, 0.3) is 0 Å². The zero-order valence-electron chi connectivity index (χ0n) is 13.5. The predicted molar refractivity (Wildman–Crippen MR) is 89.3 cm³/mol. The van der Waals surface area contributed by atoms with E-state index < -0.39 is 0 Å². The van der Waals surface area contributed by atoms with Crippen molar-refractivity contribution < 1.29 is 0 Å². The third-order valence-electron chi connectivity index (χ3n) is 3.62. The molecule has 0 amide bonds. The summed E-state index contributed by atoms with van der Waals surface area (Å²) in [6.07, 6.45) is 1.04. The molecular weight excluding hydrogens is 260 g/mol. The van der Waals surface area contributed by atoms with Crippen LogP contribution in [-0.4, -0.2) is 16.0 Å². The number of hydrogen-bond acceptors (Lipinski definition) is 4. The molecule has 1 heterocycles. The van der Waals surface area contributed by atoms with Crippen LogP contribution in [0.25, 0.3) is 0 Å². The molecule has 2 rings (SSSR count). The van der Waals surface area contributed by atoms with Crippen molar-refractivity contribution in [3.05, 3.63) is 41.1 Å². The number of benzene rings is 1. The van der Waals surface area contributed by atoms with E-state index in [2.05, 4.69) is 66.5 Å². The molecule has 21 heavy (non-hydrogen) atoms. The molecule has 1 unspecified atom stereocenters. The molecule has 1 atom stereocenters. The van der Waals surface area contributed by atoms with E-state index in [0.717, 1.165) is 23.6 Å². The Morgan fingerprint density at radius 3 is 2.48 bits per heavy atom. The van der Waals surface area contributed by atoms with Crippen LogP contribution in [0.1, 0.15) is 37.1 Å². The van der Waals surface area contributed by atoms with Gasteiger partial charge >= 0.3 is 0 Å². The smallest absolute Gasteiger partial charge is 0.225 e. The molecule has 1 aromatic carbocycles. The fourth-order valence-corrected chi connectivity index (χ4v) is 1.99. The Hall–Kier alpha value is -2.10. The summed E-state index contributed by atoms with van der Waals surface area (Å²) < 4.78 is 0. The molecule has 2 N–H and O–H groups in total. The van der Waals surface area contributed by atoms with E-state index in [1.165, 1.54) is 11.1 Å². The summed E-state index contributed by atoms with van der Waals surface area (Å²) in [6, 6.07) is 8.64. The molecular formula is C17H24N4. The molecule has 0 aliphatic carbocycles. The molecule has 4 heteroatoms. The Morgan fingerprint density at radius 1 is 1.05 bits per heavy atom. The van der Waals surface area contributed by atoms with Crippen molar-refractivity contribution in [3.63, 3.8) is 0 Å². The zero-order chi connectivity index (χ0) is 15.4. The van der Waals surface area contributed by atoms with Crippen LogP contribution in [0.5, 0.6) is 0 Å². The molecule has 112 valence electrons. The molecule has 0 radical (unpaired) electrons. The highest BCUT2D eigenvalue weighted by molar-refractivity contribution is 5.59. The largest absolute Gasteiger partial charge is 0.352 e. The first-order valence-corrected chi connectivity index (χ1v) is 7.44. The van der Waals surface area contributed by atoms with Gasteiger partial charge in [-0.15, -0.1) is 0 Å². The molecule has 0 saturated heterocycles. The maximum absolute atomic E-state index is 4.54. The van der Waals surface area contributed by atoms with Gasteiger partial charge in [0.2, 0.25) is 5.95 Å². The summed E-state index contributed by atoms with van der Waals surface area (Å²) >= 11 is 0. The number of hydrogen-bond donors (Lipinski definition) is 2. The third kappa shape index (κ3) is 4.18. The summed E-state index contributed by atoms with van der Waals surface area (Å²) in [5, 5.41) is 6.67. The molecule has 0 spiro atoms. The molecule has 0 bridgehead atoms. The summed E-state index contributed by atoms with van der Waals surface area (Å²) in [5.74, 6) is 1.49. The second-order valence-electron chi connectivity index (χ2n) is 5.60. The highest BCUT2D eigenvalue weighted by Crippen LogP contribution is 2.20. The van der Waals surface area contributed by atoms with Gasteiger partial charge in [0, 0.05) is 23.5 Å². The summed E-state index contributed by atoms with van der Waals surface area (Å²) in [7, 11) is 0.